The number of hydrogen-bond donors (Lipinski definition) is 2. The van der Waals surface area contributed by atoms with E-state index in [0.29, 0.717) is 18.2 Å². The highest BCUT2D eigenvalue weighted by Crippen LogP contribution is 2.31. The lowest BCUT2D eigenvalue weighted by atomic mass is 9.85. The molecule has 0 radical (unpaired) electrons. The molecule has 0 unspecified atom stereocenters. The maximum absolute atomic E-state index is 11.4. The van der Waals surface area contributed by atoms with Gasteiger partial charge in [0, 0.05) is 13.1 Å². The van der Waals surface area contributed by atoms with E-state index in [1.54, 1.807) is 0 Å². The van der Waals surface area contributed by atoms with E-state index in [4.69, 9.17) is 5.14 Å². The Kier molecular flexibility index (Phi) is 4.53. The van der Waals surface area contributed by atoms with Crippen LogP contribution in [-0.2, 0) is 10.0 Å². The molecule has 7 heteroatoms. The summed E-state index contributed by atoms with van der Waals surface area (Å²) in [5.41, 5.74) is 0.520. The molecule has 1 saturated carbocycles. The van der Waals surface area contributed by atoms with Crippen molar-refractivity contribution in [2.75, 3.05) is 18.0 Å². The molecule has 1 aromatic rings. The van der Waals surface area contributed by atoms with Gasteiger partial charge in [0.2, 0.25) is 10.0 Å². The Hall–Kier alpha value is -1.60. The van der Waals surface area contributed by atoms with Gasteiger partial charge in [0.1, 0.15) is 0 Å². The van der Waals surface area contributed by atoms with Crippen LogP contribution in [0, 0.1) is 5.92 Å². The Balaban J connectivity index is 2.38. The molecule has 1 aliphatic rings. The molecule has 2 rings (SSSR count). The number of carboxylic acid groups (broad SMARTS) is 1. The summed E-state index contributed by atoms with van der Waals surface area (Å²) in [4.78, 5) is 13.2. The number of aromatic carboxylic acids is 1. The lowest BCUT2D eigenvalue weighted by Gasteiger charge is -2.33. The summed E-state index contributed by atoms with van der Waals surface area (Å²) >= 11 is 0. The van der Waals surface area contributed by atoms with Crippen LogP contribution in [-0.4, -0.2) is 32.6 Å². The van der Waals surface area contributed by atoms with E-state index >= 15 is 0 Å². The highest BCUT2D eigenvalue weighted by Gasteiger charge is 2.24. The van der Waals surface area contributed by atoms with E-state index in [2.05, 4.69) is 0 Å². The zero-order valence-corrected chi connectivity index (χ0v) is 12.8. The van der Waals surface area contributed by atoms with Gasteiger partial charge >= 0.3 is 5.97 Å². The molecular weight excluding hydrogens is 292 g/mol. The first-order valence-electron chi connectivity index (χ1n) is 6.98. The van der Waals surface area contributed by atoms with Crippen LogP contribution >= 0.6 is 0 Å². The van der Waals surface area contributed by atoms with Crippen molar-refractivity contribution in [2.45, 2.75) is 31.1 Å². The van der Waals surface area contributed by atoms with Gasteiger partial charge in [-0.3, -0.25) is 0 Å². The third kappa shape index (κ3) is 3.54. The van der Waals surface area contributed by atoms with Crippen molar-refractivity contribution in [1.82, 2.24) is 0 Å². The predicted molar refractivity (Wildman–Crippen MR) is 80.0 cm³/mol. The van der Waals surface area contributed by atoms with Gasteiger partial charge in [-0.05, 0) is 43.9 Å². The molecule has 1 fully saturated rings. The number of benzene rings is 1. The van der Waals surface area contributed by atoms with Crippen LogP contribution in [0.2, 0.25) is 0 Å². The number of hydrogen-bond acceptors (Lipinski definition) is 4. The van der Waals surface area contributed by atoms with Crippen LogP contribution in [0.1, 0.15) is 36.5 Å². The fourth-order valence-corrected chi connectivity index (χ4v) is 3.06. The molecule has 3 N–H and O–H groups in total. The number of carbonyl (C=O) groups is 1. The lowest BCUT2D eigenvalue weighted by molar-refractivity contribution is 0.0697. The number of anilines is 1. The van der Waals surface area contributed by atoms with Crippen molar-refractivity contribution in [3.63, 3.8) is 0 Å². The molecule has 1 aromatic carbocycles. The normalized spacial score (nSPS) is 15.5. The van der Waals surface area contributed by atoms with E-state index in [0.717, 1.165) is 25.5 Å². The average molecular weight is 312 g/mol. The van der Waals surface area contributed by atoms with Gasteiger partial charge in [-0.2, -0.15) is 0 Å². The summed E-state index contributed by atoms with van der Waals surface area (Å²) in [5, 5.41) is 14.4. The standard InChI is InChI=1S/C14H20N2O4S/c1-2-16(9-10-4-3-5-10)13-7-6-11(21(15,19)20)8-12(13)14(17)18/h6-8,10H,2-5,9H2,1H3,(H,17,18)(H2,15,19,20). The Morgan fingerprint density at radius 3 is 2.52 bits per heavy atom. The fourth-order valence-electron chi connectivity index (χ4n) is 2.52. The fraction of sp³-hybridized carbons (Fsp3) is 0.500. The molecule has 0 aliphatic heterocycles. The highest BCUT2D eigenvalue weighted by molar-refractivity contribution is 7.89. The monoisotopic (exact) mass is 312 g/mol. The Labute approximate surface area is 124 Å². The quantitative estimate of drug-likeness (QED) is 0.832. The van der Waals surface area contributed by atoms with E-state index in [1.807, 2.05) is 11.8 Å². The number of carboxylic acids is 1. The Morgan fingerprint density at radius 1 is 1.43 bits per heavy atom. The molecule has 21 heavy (non-hydrogen) atoms. The highest BCUT2D eigenvalue weighted by atomic mass is 32.2. The minimum atomic E-state index is -3.91. The largest absolute Gasteiger partial charge is 0.478 e. The predicted octanol–water partition coefficient (Wildman–Crippen LogP) is 1.66. The third-order valence-corrected chi connectivity index (χ3v) is 4.86. The minimum Gasteiger partial charge on any atom is -0.478 e. The second-order valence-corrected chi connectivity index (χ2v) is 6.93. The second-order valence-electron chi connectivity index (χ2n) is 5.36. The van der Waals surface area contributed by atoms with Crippen molar-refractivity contribution in [3.05, 3.63) is 23.8 Å². The van der Waals surface area contributed by atoms with Crippen LogP contribution < -0.4 is 10.0 Å². The first kappa shape index (κ1) is 15.8. The van der Waals surface area contributed by atoms with Gasteiger partial charge in [-0.1, -0.05) is 6.42 Å². The van der Waals surface area contributed by atoms with Gasteiger partial charge in [-0.25, -0.2) is 18.4 Å². The number of sulfonamides is 1. The first-order chi connectivity index (χ1) is 9.82. The molecule has 0 heterocycles. The van der Waals surface area contributed by atoms with Crippen molar-refractivity contribution in [3.8, 4) is 0 Å². The maximum Gasteiger partial charge on any atom is 0.337 e. The van der Waals surface area contributed by atoms with Gasteiger partial charge in [0.05, 0.1) is 16.1 Å². The van der Waals surface area contributed by atoms with Gasteiger partial charge in [-0.15, -0.1) is 0 Å². The van der Waals surface area contributed by atoms with Gasteiger partial charge < -0.3 is 10.0 Å². The molecule has 6 nitrogen and oxygen atoms in total. The van der Waals surface area contributed by atoms with E-state index < -0.39 is 16.0 Å². The molecule has 0 atom stereocenters. The van der Waals surface area contributed by atoms with Crippen molar-refractivity contribution < 1.29 is 18.3 Å². The first-order valence-corrected chi connectivity index (χ1v) is 8.52. The summed E-state index contributed by atoms with van der Waals surface area (Å²) in [7, 11) is -3.91. The minimum absolute atomic E-state index is 0.0253. The molecule has 0 spiro atoms. The number of primary sulfonamides is 1. The van der Waals surface area contributed by atoms with Crippen molar-refractivity contribution in [2.24, 2.45) is 11.1 Å². The number of rotatable bonds is 6. The number of nitrogens with two attached hydrogens (primary N) is 1. The van der Waals surface area contributed by atoms with Crippen LogP contribution in [0.3, 0.4) is 0 Å². The summed E-state index contributed by atoms with van der Waals surface area (Å²) in [6, 6.07) is 4.03. The third-order valence-electron chi connectivity index (χ3n) is 3.95. The summed E-state index contributed by atoms with van der Waals surface area (Å²) in [6.07, 6.45) is 3.54. The van der Waals surface area contributed by atoms with Crippen molar-refractivity contribution >= 4 is 21.7 Å². The summed E-state index contributed by atoms with van der Waals surface area (Å²) in [6.45, 7) is 3.43. The molecule has 0 amide bonds. The number of nitrogens with zero attached hydrogens (tertiary/aromatic N) is 1. The molecule has 1 aliphatic carbocycles. The molecule has 0 saturated heterocycles. The summed E-state index contributed by atoms with van der Waals surface area (Å²) in [5.74, 6) is -0.563. The van der Waals surface area contributed by atoms with Crippen molar-refractivity contribution in [1.29, 1.82) is 0 Å². The van der Waals surface area contributed by atoms with Crippen LogP contribution in [0.15, 0.2) is 23.1 Å². The van der Waals surface area contributed by atoms with E-state index in [9.17, 15) is 18.3 Å². The zero-order valence-electron chi connectivity index (χ0n) is 11.9. The SMILES string of the molecule is CCN(CC1CCC1)c1ccc(S(N)(=O)=O)cc1C(=O)O. The van der Waals surface area contributed by atoms with Crippen LogP contribution in [0.4, 0.5) is 5.69 Å². The molecule has 0 bridgehead atoms. The topological polar surface area (TPSA) is 101 Å². The van der Waals surface area contributed by atoms with E-state index in [1.165, 1.54) is 18.6 Å². The molecule has 0 aromatic heterocycles. The smallest absolute Gasteiger partial charge is 0.337 e. The lowest BCUT2D eigenvalue weighted by Crippen LogP contribution is -2.33. The Morgan fingerprint density at radius 2 is 2.10 bits per heavy atom. The molecule has 116 valence electrons. The molecular formula is C14H20N2O4S. The van der Waals surface area contributed by atoms with Gasteiger partial charge in [0.25, 0.3) is 0 Å². The van der Waals surface area contributed by atoms with E-state index in [-0.39, 0.29) is 10.5 Å². The van der Waals surface area contributed by atoms with Gasteiger partial charge in [0.15, 0.2) is 0 Å². The zero-order chi connectivity index (χ0) is 15.6. The van der Waals surface area contributed by atoms with Crippen LogP contribution in [0.5, 0.6) is 0 Å². The second kappa shape index (κ2) is 6.03. The maximum atomic E-state index is 11.4. The average Bonchev–Trinajstić information content (AvgIpc) is 2.36. The van der Waals surface area contributed by atoms with Crippen LogP contribution in [0.25, 0.3) is 0 Å². The Bertz CT molecular complexity index is 638. The summed E-state index contributed by atoms with van der Waals surface area (Å²) < 4.78 is 22.7.